The summed E-state index contributed by atoms with van der Waals surface area (Å²) in [4.78, 5) is 18.9. The lowest BCUT2D eigenvalue weighted by Gasteiger charge is -2.03. The van der Waals surface area contributed by atoms with Crippen molar-refractivity contribution >= 4 is 41.0 Å². The van der Waals surface area contributed by atoms with E-state index in [1.165, 1.54) is 23.1 Å². The second-order valence-electron chi connectivity index (χ2n) is 2.71. The zero-order valence-corrected chi connectivity index (χ0v) is 10.4. The number of hydrogen-bond donors (Lipinski definition) is 0. The summed E-state index contributed by atoms with van der Waals surface area (Å²) in [5.41, 5.74) is 1.89. The van der Waals surface area contributed by atoms with Gasteiger partial charge in [0.2, 0.25) is 0 Å². The number of nitrogens with zero attached hydrogens (tertiary/aromatic N) is 4. The molecule has 2 heterocycles. The molecule has 2 rings (SSSR count). The van der Waals surface area contributed by atoms with Gasteiger partial charge in [-0.1, -0.05) is 22.9 Å². The predicted octanol–water partition coefficient (Wildman–Crippen LogP) is 2.25. The second-order valence-corrected chi connectivity index (χ2v) is 5.13. The highest BCUT2D eigenvalue weighted by molar-refractivity contribution is 8.01. The number of halogens is 1. The Hall–Kier alpha value is -1.05. The predicted molar refractivity (Wildman–Crippen MR) is 61.2 cm³/mol. The molecule has 0 spiro atoms. The fraction of sp³-hybridized carbons (Fsp3) is 0.125. The van der Waals surface area contributed by atoms with Gasteiger partial charge in [0.25, 0.3) is 0 Å². The van der Waals surface area contributed by atoms with Crippen molar-refractivity contribution < 1.29 is 4.79 Å². The van der Waals surface area contributed by atoms with Gasteiger partial charge in [-0.25, -0.2) is 9.97 Å². The molecule has 0 aliphatic carbocycles. The minimum atomic E-state index is 0.162. The fourth-order valence-electron chi connectivity index (χ4n) is 0.990. The zero-order chi connectivity index (χ0) is 11.5. The number of aromatic nitrogens is 4. The topological polar surface area (TPSA) is 68.6 Å². The summed E-state index contributed by atoms with van der Waals surface area (Å²) in [6.07, 6.45) is 0.644. The molecule has 0 saturated heterocycles. The lowest BCUT2D eigenvalue weighted by molar-refractivity contribution is 0.112. The average Bonchev–Trinajstić information content (AvgIpc) is 2.70. The van der Waals surface area contributed by atoms with E-state index in [-0.39, 0.29) is 10.7 Å². The molecule has 0 radical (unpaired) electrons. The van der Waals surface area contributed by atoms with E-state index in [4.69, 9.17) is 11.6 Å². The molecular formula is C8H5ClN4OS2. The molecular weight excluding hydrogens is 268 g/mol. The number of rotatable bonds is 3. The summed E-state index contributed by atoms with van der Waals surface area (Å²) < 4.78 is 0.706. The first-order valence-electron chi connectivity index (χ1n) is 4.14. The standard InChI is InChI=1S/C8H5ClN4OS2/c1-4-11-6(9)5(2-14)7(12-4)16-8-13-10-3-15-8/h2-3H,1H3. The van der Waals surface area contributed by atoms with Crippen molar-refractivity contribution in [3.63, 3.8) is 0 Å². The lowest BCUT2D eigenvalue weighted by Crippen LogP contribution is -1.98. The normalized spacial score (nSPS) is 10.4. The molecule has 0 atom stereocenters. The Bertz CT molecular complexity index is 517. The number of aldehydes is 1. The summed E-state index contributed by atoms with van der Waals surface area (Å²) in [5.74, 6) is 0.516. The van der Waals surface area contributed by atoms with Crippen LogP contribution in [-0.4, -0.2) is 26.5 Å². The highest BCUT2D eigenvalue weighted by Gasteiger charge is 2.13. The molecule has 0 aliphatic heterocycles. The summed E-state index contributed by atoms with van der Waals surface area (Å²) >= 11 is 8.47. The molecule has 0 amide bonds. The third-order valence-electron chi connectivity index (χ3n) is 1.62. The zero-order valence-electron chi connectivity index (χ0n) is 8.05. The fourth-order valence-corrected chi connectivity index (χ4v) is 2.82. The van der Waals surface area contributed by atoms with Crippen molar-refractivity contribution in [1.29, 1.82) is 0 Å². The number of carbonyl (C=O) groups is 1. The summed E-state index contributed by atoms with van der Waals surface area (Å²) in [6, 6.07) is 0. The molecule has 0 bridgehead atoms. The van der Waals surface area contributed by atoms with E-state index in [2.05, 4.69) is 20.2 Å². The monoisotopic (exact) mass is 272 g/mol. The van der Waals surface area contributed by atoms with Gasteiger partial charge in [-0.2, -0.15) is 0 Å². The van der Waals surface area contributed by atoms with E-state index in [0.29, 0.717) is 21.5 Å². The molecule has 82 valence electrons. The van der Waals surface area contributed by atoms with Crippen molar-refractivity contribution in [2.24, 2.45) is 0 Å². The van der Waals surface area contributed by atoms with Crippen LogP contribution in [0.25, 0.3) is 0 Å². The molecule has 8 heteroatoms. The van der Waals surface area contributed by atoms with Crippen molar-refractivity contribution in [2.75, 3.05) is 0 Å². The van der Waals surface area contributed by atoms with Crippen LogP contribution in [0, 0.1) is 6.92 Å². The molecule has 0 N–H and O–H groups in total. The Morgan fingerprint density at radius 1 is 1.50 bits per heavy atom. The van der Waals surface area contributed by atoms with Gasteiger partial charge in [0.05, 0.1) is 5.56 Å². The molecule has 0 fully saturated rings. The van der Waals surface area contributed by atoms with Gasteiger partial charge in [-0.15, -0.1) is 10.2 Å². The maximum atomic E-state index is 10.9. The Kier molecular flexibility index (Phi) is 3.47. The summed E-state index contributed by atoms with van der Waals surface area (Å²) in [5, 5.41) is 8.23. The lowest BCUT2D eigenvalue weighted by atomic mass is 10.4. The summed E-state index contributed by atoms with van der Waals surface area (Å²) in [7, 11) is 0. The van der Waals surface area contributed by atoms with Crippen LogP contribution < -0.4 is 0 Å². The van der Waals surface area contributed by atoms with Crippen molar-refractivity contribution in [2.45, 2.75) is 16.3 Å². The highest BCUT2D eigenvalue weighted by atomic mass is 35.5. The van der Waals surface area contributed by atoms with E-state index in [0.717, 1.165) is 0 Å². The largest absolute Gasteiger partial charge is 0.298 e. The molecule has 0 unspecified atom stereocenters. The van der Waals surface area contributed by atoms with Crippen LogP contribution in [0.2, 0.25) is 5.15 Å². The molecule has 0 aliphatic rings. The van der Waals surface area contributed by atoms with Crippen LogP contribution >= 0.6 is 34.7 Å². The molecule has 2 aromatic heterocycles. The van der Waals surface area contributed by atoms with E-state index in [1.54, 1.807) is 12.4 Å². The molecule has 2 aromatic rings. The van der Waals surface area contributed by atoms with Gasteiger partial charge in [-0.05, 0) is 18.7 Å². The second kappa shape index (κ2) is 4.86. The van der Waals surface area contributed by atoms with Crippen LogP contribution in [0.4, 0.5) is 0 Å². The maximum absolute atomic E-state index is 10.9. The van der Waals surface area contributed by atoms with Crippen molar-refractivity contribution in [1.82, 2.24) is 20.2 Å². The minimum Gasteiger partial charge on any atom is -0.298 e. The van der Waals surface area contributed by atoms with Gasteiger partial charge in [0.15, 0.2) is 10.6 Å². The Labute approximate surface area is 104 Å². The summed E-state index contributed by atoms with van der Waals surface area (Å²) in [6.45, 7) is 1.71. The third kappa shape index (κ3) is 2.37. The Morgan fingerprint density at radius 3 is 2.94 bits per heavy atom. The quantitative estimate of drug-likeness (QED) is 0.631. The van der Waals surface area contributed by atoms with Crippen LogP contribution in [0.15, 0.2) is 14.9 Å². The first-order chi connectivity index (χ1) is 7.70. The van der Waals surface area contributed by atoms with E-state index in [1.807, 2.05) is 0 Å². The van der Waals surface area contributed by atoms with Crippen molar-refractivity contribution in [3.05, 3.63) is 22.1 Å². The number of aryl methyl sites for hydroxylation is 1. The first-order valence-corrected chi connectivity index (χ1v) is 6.21. The van der Waals surface area contributed by atoms with Crippen LogP contribution in [-0.2, 0) is 0 Å². The van der Waals surface area contributed by atoms with Gasteiger partial charge in [-0.3, -0.25) is 4.79 Å². The van der Waals surface area contributed by atoms with E-state index in [9.17, 15) is 4.79 Å². The highest BCUT2D eigenvalue weighted by Crippen LogP contribution is 2.31. The van der Waals surface area contributed by atoms with Crippen LogP contribution in [0.3, 0.4) is 0 Å². The average molecular weight is 273 g/mol. The van der Waals surface area contributed by atoms with Gasteiger partial charge in [0.1, 0.15) is 21.5 Å². The van der Waals surface area contributed by atoms with Crippen molar-refractivity contribution in [3.8, 4) is 0 Å². The minimum absolute atomic E-state index is 0.162. The molecule has 5 nitrogen and oxygen atoms in total. The molecule has 16 heavy (non-hydrogen) atoms. The smallest absolute Gasteiger partial charge is 0.180 e. The first kappa shape index (κ1) is 11.4. The van der Waals surface area contributed by atoms with Gasteiger partial charge < -0.3 is 0 Å². The maximum Gasteiger partial charge on any atom is 0.180 e. The Morgan fingerprint density at radius 2 is 2.31 bits per heavy atom. The van der Waals surface area contributed by atoms with Crippen LogP contribution in [0.1, 0.15) is 16.2 Å². The van der Waals surface area contributed by atoms with Gasteiger partial charge in [0, 0.05) is 0 Å². The van der Waals surface area contributed by atoms with E-state index >= 15 is 0 Å². The number of hydrogen-bond acceptors (Lipinski definition) is 7. The van der Waals surface area contributed by atoms with Crippen LogP contribution in [0.5, 0.6) is 0 Å². The van der Waals surface area contributed by atoms with Gasteiger partial charge >= 0.3 is 0 Å². The molecule has 0 saturated carbocycles. The third-order valence-corrected chi connectivity index (χ3v) is 3.69. The Balaban J connectivity index is 2.43. The SMILES string of the molecule is Cc1nc(Cl)c(C=O)c(Sc2nncs2)n1. The number of carbonyl (C=O) groups excluding carboxylic acids is 1. The molecule has 0 aromatic carbocycles. The van der Waals surface area contributed by atoms with E-state index < -0.39 is 0 Å².